The van der Waals surface area contributed by atoms with E-state index in [9.17, 15) is 19.2 Å². The maximum Gasteiger partial charge on any atom is 0.335 e. The topological polar surface area (TPSA) is 105 Å². The van der Waals surface area contributed by atoms with E-state index in [1.54, 1.807) is 55.4 Å². The molecule has 0 radical (unpaired) electrons. The molecule has 8 heteroatoms. The Balaban J connectivity index is 4.98. The molecule has 0 heterocycles. The molecule has 0 aliphatic rings. The monoisotopic (exact) mass is 458 g/mol. The van der Waals surface area contributed by atoms with Gasteiger partial charge in [-0.3, -0.25) is 9.59 Å². The molecule has 8 nitrogen and oxygen atoms in total. The quantitative estimate of drug-likeness (QED) is 0.432. The van der Waals surface area contributed by atoms with Crippen LogP contribution in [0.2, 0.25) is 0 Å². The predicted octanol–water partition coefficient (Wildman–Crippen LogP) is 3.67. The minimum absolute atomic E-state index is 0.207. The average molecular weight is 459 g/mol. The van der Waals surface area contributed by atoms with Crippen molar-refractivity contribution in [1.82, 2.24) is 0 Å². The summed E-state index contributed by atoms with van der Waals surface area (Å²) < 4.78 is 21.6. The van der Waals surface area contributed by atoms with Crippen LogP contribution in [0.1, 0.15) is 83.1 Å². The van der Waals surface area contributed by atoms with E-state index >= 15 is 0 Å². The molecule has 0 aromatic carbocycles. The highest BCUT2D eigenvalue weighted by Gasteiger charge is 2.47. The first-order valence-corrected chi connectivity index (χ1v) is 10.9. The molecule has 0 aromatic heterocycles. The van der Waals surface area contributed by atoms with Crippen LogP contribution in [0.15, 0.2) is 0 Å². The van der Waals surface area contributed by atoms with Crippen molar-refractivity contribution < 1.29 is 38.1 Å². The first-order valence-electron chi connectivity index (χ1n) is 10.9. The molecule has 0 rings (SSSR count). The molecule has 0 amide bonds. The van der Waals surface area contributed by atoms with Gasteiger partial charge in [0.15, 0.2) is 30.4 Å². The molecule has 0 bridgehead atoms. The third-order valence-electron chi connectivity index (χ3n) is 5.40. The third kappa shape index (κ3) is 9.36. The molecule has 0 saturated heterocycles. The van der Waals surface area contributed by atoms with E-state index in [4.69, 9.17) is 18.9 Å². The number of carbonyl (C=O) groups is 4. The highest BCUT2D eigenvalue weighted by Crippen LogP contribution is 2.36. The number of hydrogen-bond acceptors (Lipinski definition) is 8. The standard InChI is InChI=1S/C24H42O8/c1-15(31-20(28)16(2)32-22(6,7)8)19(27)23(9,10)24(11,12)30-14-18(26)29-13-17(25)21(3,4)5/h15-16H,13-14H2,1-12H3. The molecule has 2 unspecified atom stereocenters. The molecule has 2 atom stereocenters. The number of Topliss-reactive ketones (excluding diaryl/α,β-unsaturated/α-hetero) is 2. The lowest BCUT2D eigenvalue weighted by atomic mass is 9.72. The first-order chi connectivity index (χ1) is 14.1. The van der Waals surface area contributed by atoms with E-state index in [2.05, 4.69) is 0 Å². The second-order valence-electron chi connectivity index (χ2n) is 11.1. The fourth-order valence-electron chi connectivity index (χ4n) is 2.53. The summed E-state index contributed by atoms with van der Waals surface area (Å²) in [6.07, 6.45) is -1.87. The summed E-state index contributed by atoms with van der Waals surface area (Å²) >= 11 is 0. The zero-order valence-electron chi connectivity index (χ0n) is 21.8. The van der Waals surface area contributed by atoms with E-state index in [0.717, 1.165) is 0 Å². The van der Waals surface area contributed by atoms with E-state index < -0.39 is 52.8 Å². The van der Waals surface area contributed by atoms with Gasteiger partial charge < -0.3 is 18.9 Å². The molecule has 0 N–H and O–H groups in total. The van der Waals surface area contributed by atoms with Gasteiger partial charge in [0, 0.05) is 5.41 Å². The smallest absolute Gasteiger partial charge is 0.335 e. The van der Waals surface area contributed by atoms with Crippen molar-refractivity contribution in [3.05, 3.63) is 0 Å². The van der Waals surface area contributed by atoms with Crippen molar-refractivity contribution in [2.75, 3.05) is 13.2 Å². The Hall–Kier alpha value is -1.80. The molecule has 32 heavy (non-hydrogen) atoms. The molecule has 0 aliphatic heterocycles. The highest BCUT2D eigenvalue weighted by atomic mass is 16.6. The summed E-state index contributed by atoms with van der Waals surface area (Å²) in [5.41, 5.74) is -3.35. The average Bonchev–Trinajstić information content (AvgIpc) is 2.61. The van der Waals surface area contributed by atoms with Gasteiger partial charge in [-0.2, -0.15) is 0 Å². The highest BCUT2D eigenvalue weighted by molar-refractivity contribution is 5.91. The normalized spacial score (nSPS) is 15.0. The second kappa shape index (κ2) is 10.9. The van der Waals surface area contributed by atoms with Crippen LogP contribution >= 0.6 is 0 Å². The van der Waals surface area contributed by atoms with E-state index in [1.807, 2.05) is 20.8 Å². The minimum atomic E-state index is -1.11. The van der Waals surface area contributed by atoms with Crippen molar-refractivity contribution in [2.45, 2.75) is 106 Å². The summed E-state index contributed by atoms with van der Waals surface area (Å²) in [6, 6.07) is 0. The van der Waals surface area contributed by atoms with Crippen LogP contribution in [0, 0.1) is 10.8 Å². The molecule has 0 aliphatic carbocycles. The van der Waals surface area contributed by atoms with Crippen molar-refractivity contribution in [3.8, 4) is 0 Å². The molecule has 0 saturated carbocycles. The fourth-order valence-corrected chi connectivity index (χ4v) is 2.53. The van der Waals surface area contributed by atoms with Crippen molar-refractivity contribution in [3.63, 3.8) is 0 Å². The lowest BCUT2D eigenvalue weighted by Gasteiger charge is -2.41. The van der Waals surface area contributed by atoms with Gasteiger partial charge in [-0.1, -0.05) is 20.8 Å². The van der Waals surface area contributed by atoms with Crippen molar-refractivity contribution >= 4 is 23.5 Å². The third-order valence-corrected chi connectivity index (χ3v) is 5.40. The molecule has 0 spiro atoms. The molecule has 186 valence electrons. The van der Waals surface area contributed by atoms with Crippen LogP contribution in [-0.4, -0.2) is 60.1 Å². The first kappa shape index (κ1) is 30.2. The largest absolute Gasteiger partial charge is 0.456 e. The zero-order valence-corrected chi connectivity index (χ0v) is 21.8. The zero-order chi connectivity index (χ0) is 25.7. The fraction of sp³-hybridized carbons (Fsp3) is 0.833. The number of hydrogen-bond donors (Lipinski definition) is 0. The summed E-state index contributed by atoms with van der Waals surface area (Å²) in [5.74, 6) is -1.91. The Morgan fingerprint density at radius 1 is 0.750 bits per heavy atom. The number of carbonyl (C=O) groups excluding carboxylic acids is 4. The Bertz CT molecular complexity index is 692. The summed E-state index contributed by atoms with van der Waals surface area (Å²) in [7, 11) is 0. The lowest BCUT2D eigenvalue weighted by molar-refractivity contribution is -0.180. The van der Waals surface area contributed by atoms with E-state index in [-0.39, 0.29) is 18.2 Å². The molecular formula is C24H42O8. The van der Waals surface area contributed by atoms with Crippen LogP contribution in [0.5, 0.6) is 0 Å². The van der Waals surface area contributed by atoms with Crippen LogP contribution in [0.25, 0.3) is 0 Å². The van der Waals surface area contributed by atoms with E-state index in [1.165, 1.54) is 6.92 Å². The Kier molecular flexibility index (Phi) is 10.3. The van der Waals surface area contributed by atoms with Gasteiger partial charge in [-0.15, -0.1) is 0 Å². The van der Waals surface area contributed by atoms with Crippen LogP contribution in [-0.2, 0) is 38.1 Å². The number of esters is 2. The lowest BCUT2D eigenvalue weighted by Crippen LogP contribution is -2.52. The Labute approximate surface area is 192 Å². The van der Waals surface area contributed by atoms with Gasteiger partial charge in [0.1, 0.15) is 6.61 Å². The minimum Gasteiger partial charge on any atom is -0.456 e. The maximum absolute atomic E-state index is 13.1. The second-order valence-corrected chi connectivity index (χ2v) is 11.1. The molecule has 0 aromatic rings. The van der Waals surface area contributed by atoms with Gasteiger partial charge in [0.25, 0.3) is 0 Å². The van der Waals surface area contributed by atoms with Crippen LogP contribution < -0.4 is 0 Å². The van der Waals surface area contributed by atoms with Gasteiger partial charge in [-0.05, 0) is 62.3 Å². The number of rotatable bonds is 11. The molecular weight excluding hydrogens is 416 g/mol. The van der Waals surface area contributed by atoms with Gasteiger partial charge in [-0.25, -0.2) is 9.59 Å². The van der Waals surface area contributed by atoms with Crippen molar-refractivity contribution in [2.24, 2.45) is 10.8 Å². The Morgan fingerprint density at radius 3 is 1.69 bits per heavy atom. The summed E-state index contributed by atoms with van der Waals surface area (Å²) in [6.45, 7) is 19.6. The number of ether oxygens (including phenoxy) is 4. The predicted molar refractivity (Wildman–Crippen MR) is 120 cm³/mol. The number of ketones is 2. The van der Waals surface area contributed by atoms with Gasteiger partial charge in [0.2, 0.25) is 0 Å². The summed E-state index contributed by atoms with van der Waals surface area (Å²) in [5, 5.41) is 0. The van der Waals surface area contributed by atoms with E-state index in [0.29, 0.717) is 0 Å². The van der Waals surface area contributed by atoms with Crippen molar-refractivity contribution in [1.29, 1.82) is 0 Å². The Morgan fingerprint density at radius 2 is 1.25 bits per heavy atom. The van der Waals surface area contributed by atoms with Crippen LogP contribution in [0.3, 0.4) is 0 Å². The van der Waals surface area contributed by atoms with Gasteiger partial charge in [0.05, 0.1) is 16.6 Å². The maximum atomic E-state index is 13.1. The molecule has 0 fully saturated rings. The van der Waals surface area contributed by atoms with Crippen LogP contribution in [0.4, 0.5) is 0 Å². The summed E-state index contributed by atoms with van der Waals surface area (Å²) in [4.78, 5) is 49.3. The van der Waals surface area contributed by atoms with Gasteiger partial charge >= 0.3 is 11.9 Å². The SMILES string of the molecule is CC(OC(C)(C)C)C(=O)OC(C)C(=O)C(C)(C)C(C)(C)OCC(=O)OCC(=O)C(C)(C)C.